The first-order valence-electron chi connectivity index (χ1n) is 11.8. The first-order chi connectivity index (χ1) is 13.3. The summed E-state index contributed by atoms with van der Waals surface area (Å²) < 4.78 is 0. The maximum atomic E-state index is 10.4. The van der Waals surface area contributed by atoms with Crippen molar-refractivity contribution in [2.24, 2.45) is 0 Å². The quantitative estimate of drug-likeness (QED) is 0.160. The number of unbranched alkanes of at least 4 members (excludes halogenated alkanes) is 15. The molecule has 0 atom stereocenters. The summed E-state index contributed by atoms with van der Waals surface area (Å²) in [5.41, 5.74) is 0. The van der Waals surface area contributed by atoms with Gasteiger partial charge in [0.1, 0.15) is 0 Å². The summed E-state index contributed by atoms with van der Waals surface area (Å²) in [6.07, 6.45) is 32.7. The summed E-state index contributed by atoms with van der Waals surface area (Å²) in [4.78, 5) is 10.4. The van der Waals surface area contributed by atoms with Crippen LogP contribution in [0.1, 0.15) is 129 Å². The Bertz CT molecular complexity index is 357. The number of hydrogen-bond acceptors (Lipinski definition) is 1. The Balaban J connectivity index is 3.14. The van der Waals surface area contributed by atoms with Gasteiger partial charge < -0.3 is 5.11 Å². The van der Waals surface area contributed by atoms with E-state index in [1.807, 2.05) is 0 Å². The Morgan fingerprint density at radius 2 is 0.926 bits per heavy atom. The van der Waals surface area contributed by atoms with Gasteiger partial charge in [-0.3, -0.25) is 4.79 Å². The average molecular weight is 379 g/mol. The summed E-state index contributed by atoms with van der Waals surface area (Å²) in [6.45, 7) is 2.28. The Kier molecular flexibility index (Phi) is 22.1. The van der Waals surface area contributed by atoms with E-state index < -0.39 is 5.97 Å². The minimum Gasteiger partial charge on any atom is -0.481 e. The second-order valence-electron chi connectivity index (χ2n) is 7.84. The predicted molar refractivity (Wildman–Crippen MR) is 119 cm³/mol. The maximum Gasteiger partial charge on any atom is 0.303 e. The summed E-state index contributed by atoms with van der Waals surface area (Å²) in [7, 11) is 0. The standard InChI is InChI=1S/C25H46O2/c1-2-3-4-5-6-7-8-9-10-11-12-13-14-15-16-17-18-19-20-21-22-23-24-25(26)27/h16-17,20-21H,2-15,18-19,22-24H2,1H3,(H,26,27). The second-order valence-corrected chi connectivity index (χ2v) is 7.84. The van der Waals surface area contributed by atoms with Crippen LogP contribution in [-0.2, 0) is 4.79 Å². The van der Waals surface area contributed by atoms with Crippen LogP contribution in [0.15, 0.2) is 24.3 Å². The lowest BCUT2D eigenvalue weighted by molar-refractivity contribution is -0.137. The molecule has 0 aromatic rings. The highest BCUT2D eigenvalue weighted by Gasteiger charge is 1.94. The van der Waals surface area contributed by atoms with Crippen LogP contribution in [0.5, 0.6) is 0 Å². The van der Waals surface area contributed by atoms with Crippen LogP contribution in [0.3, 0.4) is 0 Å². The first kappa shape index (κ1) is 26.0. The van der Waals surface area contributed by atoms with Crippen molar-refractivity contribution in [3.05, 3.63) is 24.3 Å². The van der Waals surface area contributed by atoms with E-state index in [4.69, 9.17) is 5.11 Å². The smallest absolute Gasteiger partial charge is 0.303 e. The van der Waals surface area contributed by atoms with Gasteiger partial charge in [0.05, 0.1) is 0 Å². The molecule has 0 aliphatic rings. The third kappa shape index (κ3) is 24.9. The minimum absolute atomic E-state index is 0.281. The van der Waals surface area contributed by atoms with Crippen LogP contribution in [0.2, 0.25) is 0 Å². The van der Waals surface area contributed by atoms with Crippen molar-refractivity contribution in [2.75, 3.05) is 0 Å². The van der Waals surface area contributed by atoms with Crippen molar-refractivity contribution in [3.8, 4) is 0 Å². The van der Waals surface area contributed by atoms with E-state index in [0.29, 0.717) is 0 Å². The molecule has 0 amide bonds. The number of allylic oxidation sites excluding steroid dienone is 4. The van der Waals surface area contributed by atoms with Crippen molar-refractivity contribution in [1.82, 2.24) is 0 Å². The third-order valence-electron chi connectivity index (χ3n) is 5.07. The van der Waals surface area contributed by atoms with Gasteiger partial charge in [0.25, 0.3) is 0 Å². The summed E-state index contributed by atoms with van der Waals surface area (Å²) in [6, 6.07) is 0. The number of carbonyl (C=O) groups is 1. The lowest BCUT2D eigenvalue weighted by Gasteiger charge is -2.02. The van der Waals surface area contributed by atoms with E-state index in [1.54, 1.807) is 0 Å². The Morgan fingerprint density at radius 3 is 1.37 bits per heavy atom. The molecule has 1 N–H and O–H groups in total. The van der Waals surface area contributed by atoms with Gasteiger partial charge in [0.2, 0.25) is 0 Å². The molecule has 0 radical (unpaired) electrons. The fraction of sp³-hybridized carbons (Fsp3) is 0.800. The Labute approximate surface area is 169 Å². The molecule has 0 aliphatic heterocycles. The molecular weight excluding hydrogens is 332 g/mol. The molecule has 0 bridgehead atoms. The minimum atomic E-state index is -0.695. The number of hydrogen-bond donors (Lipinski definition) is 1. The van der Waals surface area contributed by atoms with Gasteiger partial charge in [-0.15, -0.1) is 0 Å². The molecule has 0 aromatic heterocycles. The average Bonchev–Trinajstić information content (AvgIpc) is 2.65. The molecule has 158 valence electrons. The van der Waals surface area contributed by atoms with E-state index in [9.17, 15) is 4.79 Å². The van der Waals surface area contributed by atoms with Gasteiger partial charge in [0, 0.05) is 6.42 Å². The van der Waals surface area contributed by atoms with E-state index in [1.165, 1.54) is 89.9 Å². The van der Waals surface area contributed by atoms with E-state index in [0.717, 1.165) is 25.7 Å². The largest absolute Gasteiger partial charge is 0.481 e. The van der Waals surface area contributed by atoms with Crippen LogP contribution in [-0.4, -0.2) is 11.1 Å². The summed E-state index contributed by atoms with van der Waals surface area (Å²) in [5, 5.41) is 8.55. The lowest BCUT2D eigenvalue weighted by Crippen LogP contribution is -1.92. The highest BCUT2D eigenvalue weighted by Crippen LogP contribution is 2.13. The monoisotopic (exact) mass is 378 g/mol. The molecule has 0 saturated carbocycles. The topological polar surface area (TPSA) is 37.3 Å². The van der Waals surface area contributed by atoms with Crippen LogP contribution in [0.4, 0.5) is 0 Å². The highest BCUT2D eigenvalue weighted by atomic mass is 16.4. The summed E-state index contributed by atoms with van der Waals surface area (Å²) in [5.74, 6) is -0.695. The van der Waals surface area contributed by atoms with Gasteiger partial charge in [-0.2, -0.15) is 0 Å². The molecule has 0 aromatic carbocycles. The van der Waals surface area contributed by atoms with Gasteiger partial charge >= 0.3 is 5.97 Å². The number of aliphatic carboxylic acids is 1. The molecule has 0 saturated heterocycles. The maximum absolute atomic E-state index is 10.4. The molecule has 2 nitrogen and oxygen atoms in total. The van der Waals surface area contributed by atoms with Crippen molar-refractivity contribution in [1.29, 1.82) is 0 Å². The van der Waals surface area contributed by atoms with E-state index in [2.05, 4.69) is 31.2 Å². The third-order valence-corrected chi connectivity index (χ3v) is 5.07. The molecular formula is C25H46O2. The fourth-order valence-electron chi connectivity index (χ4n) is 3.31. The zero-order valence-electron chi connectivity index (χ0n) is 18.1. The summed E-state index contributed by atoms with van der Waals surface area (Å²) >= 11 is 0. The van der Waals surface area contributed by atoms with Gasteiger partial charge in [0.15, 0.2) is 0 Å². The van der Waals surface area contributed by atoms with Crippen LogP contribution < -0.4 is 0 Å². The van der Waals surface area contributed by atoms with Crippen LogP contribution in [0.25, 0.3) is 0 Å². The van der Waals surface area contributed by atoms with Crippen molar-refractivity contribution < 1.29 is 9.90 Å². The lowest BCUT2D eigenvalue weighted by atomic mass is 10.0. The zero-order valence-corrected chi connectivity index (χ0v) is 18.1. The van der Waals surface area contributed by atoms with Crippen molar-refractivity contribution in [3.63, 3.8) is 0 Å². The Hall–Kier alpha value is -1.05. The van der Waals surface area contributed by atoms with Gasteiger partial charge in [-0.1, -0.05) is 108 Å². The molecule has 0 spiro atoms. The SMILES string of the molecule is CCCCCCCCCCCCCCCC=CCCC=CCCCC(=O)O. The molecule has 2 heteroatoms. The number of carboxylic acids is 1. The fourth-order valence-corrected chi connectivity index (χ4v) is 3.31. The van der Waals surface area contributed by atoms with E-state index >= 15 is 0 Å². The molecule has 0 unspecified atom stereocenters. The first-order valence-corrected chi connectivity index (χ1v) is 11.8. The molecule has 0 heterocycles. The Morgan fingerprint density at radius 1 is 0.556 bits per heavy atom. The normalized spacial score (nSPS) is 11.7. The van der Waals surface area contributed by atoms with Crippen LogP contribution >= 0.6 is 0 Å². The van der Waals surface area contributed by atoms with Gasteiger partial charge in [-0.25, -0.2) is 0 Å². The zero-order chi connectivity index (χ0) is 19.8. The molecule has 0 fully saturated rings. The molecule has 0 aliphatic carbocycles. The van der Waals surface area contributed by atoms with Gasteiger partial charge in [-0.05, 0) is 38.5 Å². The van der Waals surface area contributed by atoms with E-state index in [-0.39, 0.29) is 6.42 Å². The predicted octanol–water partition coefficient (Wildman–Crippen LogP) is 8.62. The van der Waals surface area contributed by atoms with Crippen molar-refractivity contribution >= 4 is 5.97 Å². The highest BCUT2D eigenvalue weighted by molar-refractivity contribution is 5.66. The van der Waals surface area contributed by atoms with Crippen molar-refractivity contribution in [2.45, 2.75) is 129 Å². The van der Waals surface area contributed by atoms with Crippen LogP contribution in [0, 0.1) is 0 Å². The molecule has 0 rings (SSSR count). The number of carboxylic acid groups (broad SMARTS) is 1. The second kappa shape index (κ2) is 23.0. The molecule has 27 heavy (non-hydrogen) atoms. The number of rotatable bonds is 21.